The minimum atomic E-state index is -3.53. The van der Waals surface area contributed by atoms with Gasteiger partial charge in [0.25, 0.3) is 0 Å². The quantitative estimate of drug-likeness (QED) is 0.0971. The number of ether oxygens (including phenoxy) is 4. The fourth-order valence-corrected chi connectivity index (χ4v) is 5.50. The highest BCUT2D eigenvalue weighted by Crippen LogP contribution is 2.52. The second kappa shape index (κ2) is 26.6. The van der Waals surface area contributed by atoms with Gasteiger partial charge >= 0.3 is 15.6 Å². The summed E-state index contributed by atoms with van der Waals surface area (Å²) in [7, 11) is -7.03. The van der Waals surface area contributed by atoms with Crippen LogP contribution in [0.25, 0.3) is 0 Å². The van der Waals surface area contributed by atoms with Gasteiger partial charge in [-0.1, -0.05) is 6.92 Å². The fourth-order valence-electron chi connectivity index (χ4n) is 2.49. The maximum Gasteiger partial charge on any atom is 0.475 e. The number of hydrogen-bond donors (Lipinski definition) is 1. The summed E-state index contributed by atoms with van der Waals surface area (Å²) in [6.45, 7) is 20.8. The average molecular weight is 626 g/mol. The van der Waals surface area contributed by atoms with E-state index in [-0.39, 0.29) is 37.6 Å². The summed E-state index contributed by atoms with van der Waals surface area (Å²) >= 11 is 0. The molecule has 2 N–H and O–H groups in total. The molecule has 0 saturated carbocycles. The lowest BCUT2D eigenvalue weighted by molar-refractivity contribution is 0.0204. The van der Waals surface area contributed by atoms with Crippen LogP contribution in [0.15, 0.2) is 0 Å². The number of hydrogen-bond acceptors (Lipinski definition) is 13. The van der Waals surface area contributed by atoms with Gasteiger partial charge in [0.1, 0.15) is 0 Å². The molecule has 40 heavy (non-hydrogen) atoms. The highest BCUT2D eigenvalue weighted by atomic mass is 31.2. The molecule has 0 aromatic heterocycles. The molecule has 0 aromatic carbocycles. The molecule has 0 unspecified atom stereocenters. The van der Waals surface area contributed by atoms with Gasteiger partial charge < -0.3 is 24.7 Å². The monoisotopic (exact) mass is 625 g/mol. The fraction of sp³-hybridized carbons (Fsp3) is 1.00. The van der Waals surface area contributed by atoms with E-state index in [9.17, 15) is 9.13 Å². The zero-order valence-electron chi connectivity index (χ0n) is 26.2. The summed E-state index contributed by atoms with van der Waals surface area (Å²) in [4.78, 5) is 0. The first kappa shape index (κ1) is 42.2. The number of rotatable bonds is 26. The van der Waals surface area contributed by atoms with Crippen LogP contribution in [0.4, 0.5) is 0 Å². The molecule has 0 aromatic rings. The van der Waals surface area contributed by atoms with Crippen LogP contribution < -0.4 is 5.73 Å². The van der Waals surface area contributed by atoms with Crippen molar-refractivity contribution in [3.05, 3.63) is 0 Å². The maximum absolute atomic E-state index is 12.3. The summed E-state index contributed by atoms with van der Waals surface area (Å²) in [5.74, 6) is 0. The van der Waals surface area contributed by atoms with E-state index in [0.29, 0.717) is 52.8 Å². The molecule has 0 aliphatic heterocycles. The largest absolute Gasteiger partial charge is 0.475 e. The minimum absolute atomic E-state index is 0.133. The Morgan fingerprint density at radius 1 is 0.475 bits per heavy atom. The predicted octanol–water partition coefficient (Wildman–Crippen LogP) is 5.36. The highest BCUT2D eigenvalue weighted by Gasteiger charge is 2.30. The van der Waals surface area contributed by atoms with Crippen molar-refractivity contribution in [3.8, 4) is 0 Å². The zero-order valence-corrected chi connectivity index (χ0v) is 28.0. The van der Waals surface area contributed by atoms with Gasteiger partial charge in [-0.25, -0.2) is 9.13 Å². The van der Waals surface area contributed by atoms with Crippen molar-refractivity contribution in [1.29, 1.82) is 0 Å². The van der Waals surface area contributed by atoms with Crippen LogP contribution in [-0.4, -0.2) is 97.0 Å². The summed E-state index contributed by atoms with van der Waals surface area (Å²) < 4.78 is 76.8. The van der Waals surface area contributed by atoms with Crippen molar-refractivity contribution in [2.24, 2.45) is 5.73 Å². The molecule has 0 aliphatic carbocycles. The average Bonchev–Trinajstić information content (AvgIpc) is 2.80. The first-order valence-electron chi connectivity index (χ1n) is 14.0. The number of phosphoric ester groups is 2. The SMILES string of the molecule is CC(C)OP(=O)(OCCOCCOCCN)OC(C)C.CCCOCCOCCOP(=O)(OC(C)C)OC(C)C. The van der Waals surface area contributed by atoms with Crippen molar-refractivity contribution in [1.82, 2.24) is 0 Å². The molecule has 0 rings (SSSR count). The molecule has 0 amide bonds. The molecule has 244 valence electrons. The van der Waals surface area contributed by atoms with Crippen LogP contribution in [0.3, 0.4) is 0 Å². The summed E-state index contributed by atoms with van der Waals surface area (Å²) in [5, 5.41) is 0. The van der Waals surface area contributed by atoms with Gasteiger partial charge in [-0.05, 0) is 61.8 Å². The third-order valence-electron chi connectivity index (χ3n) is 3.67. The van der Waals surface area contributed by atoms with Crippen molar-refractivity contribution in [3.63, 3.8) is 0 Å². The van der Waals surface area contributed by atoms with E-state index < -0.39 is 15.6 Å². The van der Waals surface area contributed by atoms with E-state index in [4.69, 9.17) is 51.8 Å². The van der Waals surface area contributed by atoms with Crippen LogP contribution in [0.5, 0.6) is 0 Å². The number of phosphoric acid groups is 2. The number of nitrogens with two attached hydrogens (primary N) is 1. The predicted molar refractivity (Wildman–Crippen MR) is 155 cm³/mol. The van der Waals surface area contributed by atoms with Crippen LogP contribution in [0.2, 0.25) is 0 Å². The van der Waals surface area contributed by atoms with Crippen LogP contribution >= 0.6 is 15.6 Å². The third-order valence-corrected chi connectivity index (χ3v) is 7.39. The Kier molecular flexibility index (Phi) is 28.1. The molecule has 0 radical (unpaired) electrons. The van der Waals surface area contributed by atoms with Crippen LogP contribution in [-0.2, 0) is 55.2 Å². The van der Waals surface area contributed by atoms with Crippen molar-refractivity contribution >= 4 is 15.6 Å². The van der Waals surface area contributed by atoms with E-state index in [1.165, 1.54) is 0 Å². The normalized spacial score (nSPS) is 12.6. The molecule has 15 heteroatoms. The smallest absolute Gasteiger partial charge is 0.379 e. The first-order valence-corrected chi connectivity index (χ1v) is 16.9. The topological polar surface area (TPSA) is 152 Å². The standard InChI is InChI=1S/C13H29O6P.C12H28NO6P/c1-6-7-15-8-9-16-10-11-17-20(14,18-12(2)3)19-13(4)5;1-11(2)18-20(14,19-12(3)4)17-10-9-16-8-7-15-6-5-13/h12-13H,6-11H2,1-5H3;11-12H,5-10,13H2,1-4H3. The van der Waals surface area contributed by atoms with Gasteiger partial charge in [0, 0.05) is 13.2 Å². The minimum Gasteiger partial charge on any atom is -0.379 e. The lowest BCUT2D eigenvalue weighted by Gasteiger charge is -2.21. The van der Waals surface area contributed by atoms with E-state index >= 15 is 0 Å². The van der Waals surface area contributed by atoms with Crippen LogP contribution in [0.1, 0.15) is 68.7 Å². The molecular formula is C25H57NO12P2. The van der Waals surface area contributed by atoms with E-state index in [2.05, 4.69) is 6.92 Å². The first-order chi connectivity index (χ1) is 18.8. The van der Waals surface area contributed by atoms with E-state index in [1.54, 1.807) is 55.4 Å². The van der Waals surface area contributed by atoms with Gasteiger partial charge in [-0.3, -0.25) is 27.1 Å². The van der Waals surface area contributed by atoms with Crippen molar-refractivity contribution < 1.29 is 55.2 Å². The van der Waals surface area contributed by atoms with Crippen molar-refractivity contribution in [2.75, 3.05) is 72.6 Å². The van der Waals surface area contributed by atoms with E-state index in [0.717, 1.165) is 13.0 Å². The second-order valence-electron chi connectivity index (χ2n) is 9.42. The molecule has 0 spiro atoms. The Balaban J connectivity index is 0. The Hall–Kier alpha value is 0.0200. The third kappa shape index (κ3) is 29.5. The molecule has 0 fully saturated rings. The Morgan fingerprint density at radius 2 is 0.750 bits per heavy atom. The van der Waals surface area contributed by atoms with Gasteiger partial charge in [0.15, 0.2) is 0 Å². The lowest BCUT2D eigenvalue weighted by Crippen LogP contribution is -2.15. The molecule has 0 bridgehead atoms. The molecule has 0 heterocycles. The molecular weight excluding hydrogens is 568 g/mol. The molecule has 13 nitrogen and oxygen atoms in total. The Labute approximate surface area is 242 Å². The van der Waals surface area contributed by atoms with E-state index in [1.807, 2.05) is 0 Å². The van der Waals surface area contributed by atoms with Gasteiger partial charge in [-0.15, -0.1) is 0 Å². The van der Waals surface area contributed by atoms with Crippen molar-refractivity contribution in [2.45, 2.75) is 93.2 Å². The van der Waals surface area contributed by atoms with Gasteiger partial charge in [-0.2, -0.15) is 0 Å². The van der Waals surface area contributed by atoms with Gasteiger partial charge in [0.2, 0.25) is 0 Å². The summed E-state index contributed by atoms with van der Waals surface area (Å²) in [6.07, 6.45) is 0.0342. The zero-order chi connectivity index (χ0) is 30.9. The van der Waals surface area contributed by atoms with Gasteiger partial charge in [0.05, 0.1) is 83.9 Å². The second-order valence-corrected chi connectivity index (χ2v) is 12.6. The Morgan fingerprint density at radius 3 is 1.02 bits per heavy atom. The Bertz CT molecular complexity index is 571. The van der Waals surface area contributed by atoms with Crippen LogP contribution in [0, 0.1) is 0 Å². The lowest BCUT2D eigenvalue weighted by atomic mass is 10.5. The highest BCUT2D eigenvalue weighted by molar-refractivity contribution is 7.48. The molecule has 0 atom stereocenters. The summed E-state index contributed by atoms with van der Waals surface area (Å²) in [6, 6.07) is 0. The molecule has 0 aliphatic rings. The summed E-state index contributed by atoms with van der Waals surface area (Å²) in [5.41, 5.74) is 5.27. The molecule has 0 saturated heterocycles. The maximum atomic E-state index is 12.3.